The fourth-order valence-corrected chi connectivity index (χ4v) is 2.60. The van der Waals surface area contributed by atoms with Crippen LogP contribution in [0, 0.1) is 0 Å². The number of nitrogens with two attached hydrogens (primary N) is 1. The number of rotatable bonds is 1. The summed E-state index contributed by atoms with van der Waals surface area (Å²) < 4.78 is 1.72. The zero-order chi connectivity index (χ0) is 10.3. The highest BCUT2D eigenvalue weighted by Crippen LogP contribution is 2.32. The lowest BCUT2D eigenvalue weighted by atomic mass is 10.2. The van der Waals surface area contributed by atoms with Crippen LogP contribution in [0.4, 0.5) is 5.69 Å². The van der Waals surface area contributed by atoms with E-state index in [0.29, 0.717) is 10.6 Å². The van der Waals surface area contributed by atoms with Crippen LogP contribution in [-0.2, 0) is 0 Å². The van der Waals surface area contributed by atoms with Crippen molar-refractivity contribution in [3.63, 3.8) is 0 Å². The number of anilines is 1. The second kappa shape index (κ2) is 3.25. The lowest BCUT2D eigenvalue weighted by molar-refractivity contribution is 0.0702. The van der Waals surface area contributed by atoms with E-state index in [1.165, 1.54) is 11.3 Å². The number of nitrogen functional groups attached to an aromatic ring is 1. The Labute approximate surface area is 92.3 Å². The van der Waals surface area contributed by atoms with Gasteiger partial charge in [-0.15, -0.1) is 11.3 Å². The highest BCUT2D eigenvalue weighted by Gasteiger charge is 2.09. The molecule has 0 unspecified atom stereocenters. The van der Waals surface area contributed by atoms with Crippen molar-refractivity contribution < 1.29 is 9.90 Å². The number of carboxylic acids is 1. The van der Waals surface area contributed by atoms with Crippen LogP contribution in [0.3, 0.4) is 0 Å². The summed E-state index contributed by atoms with van der Waals surface area (Å²) in [5.74, 6) is -0.902. The van der Waals surface area contributed by atoms with E-state index in [2.05, 4.69) is 15.9 Å². The molecule has 3 N–H and O–H groups in total. The summed E-state index contributed by atoms with van der Waals surface area (Å²) in [6.45, 7) is 0. The molecule has 72 valence electrons. The van der Waals surface area contributed by atoms with Crippen LogP contribution >= 0.6 is 27.3 Å². The molecular formula is C9H6BrNO2S. The van der Waals surface area contributed by atoms with Crippen LogP contribution in [0.1, 0.15) is 9.67 Å². The molecule has 0 spiro atoms. The average molecular weight is 272 g/mol. The summed E-state index contributed by atoms with van der Waals surface area (Å²) in [7, 11) is 0. The number of hydrogen-bond acceptors (Lipinski definition) is 3. The van der Waals surface area contributed by atoms with Crippen molar-refractivity contribution in [3.8, 4) is 0 Å². The first kappa shape index (κ1) is 9.48. The third-order valence-electron chi connectivity index (χ3n) is 1.85. The number of hydrogen-bond donors (Lipinski definition) is 2. The van der Waals surface area contributed by atoms with Crippen molar-refractivity contribution in [1.29, 1.82) is 0 Å². The van der Waals surface area contributed by atoms with Crippen LogP contribution in [0.2, 0.25) is 0 Å². The van der Waals surface area contributed by atoms with Gasteiger partial charge in [-0.3, -0.25) is 0 Å². The predicted octanol–water partition coefficient (Wildman–Crippen LogP) is 2.94. The standard InChI is InChI=1S/C9H6BrNO2S/c10-5-3-7-4(1-6(5)11)2-8(14-7)9(12)13/h1-3H,11H2,(H,12,13). The fraction of sp³-hybridized carbons (Fsp3) is 0. The van der Waals surface area contributed by atoms with Gasteiger partial charge in [0.25, 0.3) is 0 Å². The molecule has 2 rings (SSSR count). The van der Waals surface area contributed by atoms with E-state index in [9.17, 15) is 4.79 Å². The van der Waals surface area contributed by atoms with Crippen LogP contribution in [0.5, 0.6) is 0 Å². The number of carbonyl (C=O) groups is 1. The largest absolute Gasteiger partial charge is 0.477 e. The first-order chi connectivity index (χ1) is 6.58. The lowest BCUT2D eigenvalue weighted by Crippen LogP contribution is -1.89. The Hall–Kier alpha value is -1.07. The summed E-state index contributed by atoms with van der Waals surface area (Å²) >= 11 is 4.54. The highest BCUT2D eigenvalue weighted by atomic mass is 79.9. The van der Waals surface area contributed by atoms with E-state index in [0.717, 1.165) is 14.6 Å². The zero-order valence-corrected chi connectivity index (χ0v) is 9.35. The highest BCUT2D eigenvalue weighted by molar-refractivity contribution is 9.10. The predicted molar refractivity (Wildman–Crippen MR) is 60.9 cm³/mol. The van der Waals surface area contributed by atoms with Crippen molar-refractivity contribution in [1.82, 2.24) is 0 Å². The Morgan fingerprint density at radius 1 is 1.43 bits per heavy atom. The molecule has 0 amide bonds. The van der Waals surface area contributed by atoms with E-state index in [4.69, 9.17) is 10.8 Å². The van der Waals surface area contributed by atoms with Gasteiger partial charge in [0, 0.05) is 14.9 Å². The maximum Gasteiger partial charge on any atom is 0.345 e. The Bertz CT molecular complexity index is 482. The van der Waals surface area contributed by atoms with E-state index in [1.807, 2.05) is 6.07 Å². The van der Waals surface area contributed by atoms with E-state index < -0.39 is 5.97 Å². The van der Waals surface area contributed by atoms with Gasteiger partial charge in [0.1, 0.15) is 4.88 Å². The van der Waals surface area contributed by atoms with Crippen LogP contribution in [0.15, 0.2) is 22.7 Å². The van der Waals surface area contributed by atoms with Crippen molar-refractivity contribution in [2.24, 2.45) is 0 Å². The molecule has 14 heavy (non-hydrogen) atoms. The van der Waals surface area contributed by atoms with Gasteiger partial charge < -0.3 is 10.8 Å². The number of fused-ring (bicyclic) bond motifs is 1. The van der Waals surface area contributed by atoms with Crippen LogP contribution in [-0.4, -0.2) is 11.1 Å². The summed E-state index contributed by atoms with van der Waals surface area (Å²) in [4.78, 5) is 11.0. The summed E-state index contributed by atoms with van der Waals surface area (Å²) in [5.41, 5.74) is 6.30. The van der Waals surface area contributed by atoms with Crippen molar-refractivity contribution in [2.45, 2.75) is 0 Å². The van der Waals surface area contributed by atoms with Gasteiger partial charge in [-0.1, -0.05) is 0 Å². The summed E-state index contributed by atoms with van der Waals surface area (Å²) in [6.07, 6.45) is 0. The third-order valence-corrected chi connectivity index (χ3v) is 3.62. The van der Waals surface area contributed by atoms with E-state index in [1.54, 1.807) is 12.1 Å². The molecule has 1 aromatic heterocycles. The van der Waals surface area contributed by atoms with Gasteiger partial charge in [0.15, 0.2) is 0 Å². The maximum atomic E-state index is 10.7. The normalized spacial score (nSPS) is 10.6. The van der Waals surface area contributed by atoms with Crippen molar-refractivity contribution in [3.05, 3.63) is 27.5 Å². The Morgan fingerprint density at radius 3 is 2.79 bits per heavy atom. The molecule has 5 heteroatoms. The van der Waals surface area contributed by atoms with Gasteiger partial charge in [-0.05, 0) is 39.5 Å². The van der Waals surface area contributed by atoms with Crippen molar-refractivity contribution in [2.75, 3.05) is 5.73 Å². The topological polar surface area (TPSA) is 63.3 Å². The summed E-state index contributed by atoms with van der Waals surface area (Å²) in [6, 6.07) is 5.23. The molecular weight excluding hydrogens is 266 g/mol. The van der Waals surface area contributed by atoms with Gasteiger partial charge in [0.05, 0.1) is 0 Å². The van der Waals surface area contributed by atoms with Crippen molar-refractivity contribution >= 4 is 49.0 Å². The first-order valence-electron chi connectivity index (χ1n) is 3.80. The number of benzene rings is 1. The minimum Gasteiger partial charge on any atom is -0.477 e. The number of aromatic carboxylic acids is 1. The second-order valence-electron chi connectivity index (χ2n) is 2.83. The number of carboxylic acid groups (broad SMARTS) is 1. The van der Waals surface area contributed by atoms with Gasteiger partial charge in [-0.25, -0.2) is 4.79 Å². The van der Waals surface area contributed by atoms with Crippen LogP contribution < -0.4 is 5.73 Å². The molecule has 1 heterocycles. The minimum absolute atomic E-state index is 0.331. The molecule has 1 aromatic carbocycles. The molecule has 0 aliphatic carbocycles. The van der Waals surface area contributed by atoms with E-state index >= 15 is 0 Å². The van der Waals surface area contributed by atoms with Gasteiger partial charge >= 0.3 is 5.97 Å². The van der Waals surface area contributed by atoms with Crippen LogP contribution in [0.25, 0.3) is 10.1 Å². The first-order valence-corrected chi connectivity index (χ1v) is 5.41. The van der Waals surface area contributed by atoms with E-state index in [-0.39, 0.29) is 0 Å². The SMILES string of the molecule is Nc1cc2cc(C(=O)O)sc2cc1Br. The average Bonchev–Trinajstić information content (AvgIpc) is 2.48. The minimum atomic E-state index is -0.902. The number of thiophene rings is 1. The summed E-state index contributed by atoms with van der Waals surface area (Å²) in [5, 5.41) is 9.66. The second-order valence-corrected chi connectivity index (χ2v) is 4.77. The number of halogens is 1. The Balaban J connectivity index is 2.72. The molecule has 3 nitrogen and oxygen atoms in total. The van der Waals surface area contributed by atoms with Gasteiger partial charge in [-0.2, -0.15) is 0 Å². The molecule has 2 aromatic rings. The fourth-order valence-electron chi connectivity index (χ4n) is 1.19. The molecule has 0 saturated carbocycles. The Kier molecular flexibility index (Phi) is 2.20. The Morgan fingerprint density at radius 2 is 2.14 bits per heavy atom. The molecule has 0 aliphatic heterocycles. The maximum absolute atomic E-state index is 10.7. The molecule has 0 atom stereocenters. The monoisotopic (exact) mass is 271 g/mol. The smallest absolute Gasteiger partial charge is 0.345 e. The molecule has 0 bridgehead atoms. The molecule has 0 saturated heterocycles. The van der Waals surface area contributed by atoms with Gasteiger partial charge in [0.2, 0.25) is 0 Å². The quantitative estimate of drug-likeness (QED) is 0.784. The molecule has 0 fully saturated rings. The zero-order valence-electron chi connectivity index (χ0n) is 6.95. The lowest BCUT2D eigenvalue weighted by Gasteiger charge is -1.96. The molecule has 0 radical (unpaired) electrons. The molecule has 0 aliphatic rings. The third kappa shape index (κ3) is 1.49.